The number of hydrogen-bond donors (Lipinski definition) is 4. The summed E-state index contributed by atoms with van der Waals surface area (Å²) in [4.78, 5) is 18.6. The Kier molecular flexibility index (Phi) is 21.1. The third-order valence-electron chi connectivity index (χ3n) is 6.57. The number of carbonyl (C=O) groups is 1. The van der Waals surface area contributed by atoms with E-state index in [1.54, 1.807) is 24.0 Å². The lowest BCUT2D eigenvalue weighted by Crippen LogP contribution is -2.16. The minimum absolute atomic E-state index is 0.487. The molecule has 0 bridgehead atoms. The lowest BCUT2D eigenvalue weighted by molar-refractivity contribution is -0.105. The monoisotopic (exact) mass is 628 g/mol. The average molecular weight is 629 g/mol. The van der Waals surface area contributed by atoms with E-state index in [4.69, 9.17) is 11.1 Å². The molecule has 0 radical (unpaired) electrons. The highest BCUT2D eigenvalue weighted by Gasteiger charge is 2.10. The van der Waals surface area contributed by atoms with Gasteiger partial charge in [0.15, 0.2) is 0 Å². The molecule has 1 amide bonds. The third kappa shape index (κ3) is 14.3. The van der Waals surface area contributed by atoms with Gasteiger partial charge >= 0.3 is 0 Å². The van der Waals surface area contributed by atoms with Crippen molar-refractivity contribution >= 4 is 35.5 Å². The molecule has 0 aliphatic heterocycles. The minimum atomic E-state index is 0.487. The molecule has 2 aromatic carbocycles. The molecule has 1 atom stereocenters. The lowest BCUT2D eigenvalue weighted by Gasteiger charge is -2.16. The second-order valence-corrected chi connectivity index (χ2v) is 10.4. The Morgan fingerprint density at radius 1 is 1.07 bits per heavy atom. The van der Waals surface area contributed by atoms with Gasteiger partial charge in [-0.1, -0.05) is 72.2 Å². The number of nitrogens with two attached hydrogens (primary N) is 1. The van der Waals surface area contributed by atoms with E-state index >= 15 is 0 Å². The van der Waals surface area contributed by atoms with Gasteiger partial charge in [-0.2, -0.15) is 5.10 Å². The van der Waals surface area contributed by atoms with Crippen LogP contribution < -0.4 is 16.4 Å². The molecule has 5 N–H and O–H groups in total. The number of rotatable bonds is 7. The molecule has 250 valence electrons. The number of benzene rings is 2. The van der Waals surface area contributed by atoms with Crippen LogP contribution in [0.5, 0.6) is 0 Å². The molecule has 4 rings (SSSR count). The molecule has 46 heavy (non-hydrogen) atoms. The van der Waals surface area contributed by atoms with Crippen LogP contribution in [0.3, 0.4) is 0 Å². The van der Waals surface area contributed by atoms with Gasteiger partial charge in [-0.15, -0.1) is 0 Å². The number of nitrogens with zero attached hydrogens (tertiary/aromatic N) is 4. The van der Waals surface area contributed by atoms with Crippen molar-refractivity contribution < 1.29 is 4.79 Å². The number of aliphatic imine (C=N–C) groups is 1. The summed E-state index contributed by atoms with van der Waals surface area (Å²) >= 11 is 0. The number of hydrogen-bond acceptors (Lipinski definition) is 6. The normalized spacial score (nSPS) is 10.5. The molecule has 0 saturated carbocycles. The van der Waals surface area contributed by atoms with Gasteiger partial charge in [0.2, 0.25) is 6.41 Å². The molecule has 4 aromatic rings. The van der Waals surface area contributed by atoms with Crippen molar-refractivity contribution in [3.05, 3.63) is 101 Å². The van der Waals surface area contributed by atoms with Crippen LogP contribution >= 0.6 is 0 Å². The first kappa shape index (κ1) is 41.2. The predicted octanol–water partition coefficient (Wildman–Crippen LogP) is 8.71. The zero-order valence-corrected chi connectivity index (χ0v) is 29.8. The molecule has 9 heteroatoms. The van der Waals surface area contributed by atoms with Crippen molar-refractivity contribution in [3.8, 4) is 0 Å². The maximum absolute atomic E-state index is 10.2. The number of nitrogens with one attached hydrogen (secondary N) is 3. The van der Waals surface area contributed by atoms with Gasteiger partial charge in [0.1, 0.15) is 5.84 Å². The average Bonchev–Trinajstić information content (AvgIpc) is 3.45. The van der Waals surface area contributed by atoms with Gasteiger partial charge in [0, 0.05) is 55.2 Å². The molecule has 0 saturated heterocycles. The van der Waals surface area contributed by atoms with Crippen LogP contribution in [-0.4, -0.2) is 40.3 Å². The summed E-state index contributed by atoms with van der Waals surface area (Å²) in [6.07, 6.45) is 11.6. The molecule has 2 heterocycles. The van der Waals surface area contributed by atoms with Crippen LogP contribution in [0.25, 0.3) is 0 Å². The van der Waals surface area contributed by atoms with E-state index in [2.05, 4.69) is 66.4 Å². The van der Waals surface area contributed by atoms with Crippen LogP contribution in [0.2, 0.25) is 0 Å². The minimum Gasteiger partial charge on any atom is -0.398 e. The van der Waals surface area contributed by atoms with E-state index < -0.39 is 0 Å². The van der Waals surface area contributed by atoms with E-state index in [0.717, 1.165) is 51.4 Å². The first-order valence-electron chi connectivity index (χ1n) is 15.9. The zero-order valence-electron chi connectivity index (χ0n) is 29.8. The van der Waals surface area contributed by atoms with Gasteiger partial charge in [-0.05, 0) is 73.6 Å². The van der Waals surface area contributed by atoms with Gasteiger partial charge in [0.05, 0.1) is 18.1 Å². The Labute approximate surface area is 277 Å². The number of carbonyl (C=O) groups excluding carboxylic acids is 1. The second kappa shape index (κ2) is 23.6. The van der Waals surface area contributed by atoms with Crippen LogP contribution in [0.15, 0.2) is 72.2 Å². The fraction of sp³-hybridized carbons (Fsp3) is 0.378. The van der Waals surface area contributed by atoms with Crippen LogP contribution in [0.4, 0.5) is 17.1 Å². The number of amidine groups is 1. The van der Waals surface area contributed by atoms with Gasteiger partial charge in [-0.25, -0.2) is 0 Å². The SMILES string of the molecule is CC.CCC.CCC(C)c1cncc(NC=O)c1.CN=C(Nc1ccc(N)c(C=N)c1C)c1ccccc1C.Cc1cnn(C)c1. The van der Waals surface area contributed by atoms with Crippen LogP contribution in [0.1, 0.15) is 93.7 Å². The number of nitrogen functional groups attached to an aromatic ring is 1. The van der Waals surface area contributed by atoms with E-state index in [0.29, 0.717) is 18.0 Å². The van der Waals surface area contributed by atoms with Crippen molar-refractivity contribution in [2.75, 3.05) is 23.4 Å². The standard InChI is InChI=1S/C17H20N4.C10H14N2O.C5H8N2.C3H8.C2H6/c1-11-6-4-5-7-13(11)17(20-3)21-16-9-8-15(19)14(10-18)12(16)2;1-3-8(2)9-4-10(12-7-13)6-11-5-9;1-5-3-6-7(2)4-5;1-3-2;1-2/h4-10,18H,19H2,1-3H3,(H,20,21);4-8H,3H2,1-2H3,(H,12,13);3-4H,1-2H3;3H2,1-2H3;1-2H3. The highest BCUT2D eigenvalue weighted by atomic mass is 16.1. The Morgan fingerprint density at radius 3 is 2.20 bits per heavy atom. The molecule has 0 aliphatic carbocycles. The number of amides is 1. The second-order valence-electron chi connectivity index (χ2n) is 10.4. The summed E-state index contributed by atoms with van der Waals surface area (Å²) in [6, 6.07) is 13.8. The highest BCUT2D eigenvalue weighted by molar-refractivity contribution is 6.10. The van der Waals surface area contributed by atoms with Gasteiger partial charge in [-0.3, -0.25) is 19.5 Å². The molecular weight excluding hydrogens is 572 g/mol. The Balaban J connectivity index is 0.000000685. The first-order chi connectivity index (χ1) is 22.1. The third-order valence-corrected chi connectivity index (χ3v) is 6.57. The molecule has 0 spiro atoms. The van der Waals surface area contributed by atoms with Gasteiger partial charge in [0.25, 0.3) is 0 Å². The predicted molar refractivity (Wildman–Crippen MR) is 199 cm³/mol. The van der Waals surface area contributed by atoms with E-state index in [-0.39, 0.29) is 0 Å². The summed E-state index contributed by atoms with van der Waals surface area (Å²) in [7, 11) is 3.67. The number of pyridine rings is 1. The van der Waals surface area contributed by atoms with Crippen molar-refractivity contribution in [2.45, 2.75) is 81.1 Å². The summed E-state index contributed by atoms with van der Waals surface area (Å²) in [6.45, 7) is 18.5. The highest BCUT2D eigenvalue weighted by Crippen LogP contribution is 2.24. The molecule has 1 unspecified atom stereocenters. The van der Waals surface area contributed by atoms with E-state index in [1.165, 1.54) is 18.2 Å². The summed E-state index contributed by atoms with van der Waals surface area (Å²) in [5.41, 5.74) is 14.4. The van der Waals surface area contributed by atoms with Crippen molar-refractivity contribution in [3.63, 3.8) is 0 Å². The fourth-order valence-electron chi connectivity index (χ4n) is 3.94. The Morgan fingerprint density at radius 2 is 1.72 bits per heavy atom. The largest absolute Gasteiger partial charge is 0.398 e. The zero-order chi connectivity index (χ0) is 35.1. The van der Waals surface area contributed by atoms with Crippen molar-refractivity contribution in [2.24, 2.45) is 12.0 Å². The van der Waals surface area contributed by atoms with E-state index in [1.807, 2.05) is 83.7 Å². The number of aryl methyl sites for hydroxylation is 3. The van der Waals surface area contributed by atoms with Crippen molar-refractivity contribution in [1.82, 2.24) is 14.8 Å². The topological polar surface area (TPSA) is 134 Å². The summed E-state index contributed by atoms with van der Waals surface area (Å²) in [5.74, 6) is 1.29. The number of anilines is 3. The molecule has 2 aromatic heterocycles. The van der Waals surface area contributed by atoms with Gasteiger partial charge < -0.3 is 21.8 Å². The maximum atomic E-state index is 10.2. The number of aromatic nitrogens is 3. The molecular formula is C37H56N8O. The first-order valence-corrected chi connectivity index (χ1v) is 15.9. The van der Waals surface area contributed by atoms with E-state index in [9.17, 15) is 4.79 Å². The smallest absolute Gasteiger partial charge is 0.211 e. The molecule has 9 nitrogen and oxygen atoms in total. The molecule has 0 fully saturated rings. The van der Waals surface area contributed by atoms with Crippen LogP contribution in [0, 0.1) is 26.2 Å². The lowest BCUT2D eigenvalue weighted by atomic mass is 10.0. The summed E-state index contributed by atoms with van der Waals surface area (Å²) < 4.78 is 1.79. The van der Waals surface area contributed by atoms with Crippen molar-refractivity contribution in [1.29, 1.82) is 5.41 Å². The summed E-state index contributed by atoms with van der Waals surface area (Å²) in [5, 5.41) is 17.3. The molecule has 0 aliphatic rings. The quantitative estimate of drug-likeness (QED) is 0.0703. The Hall–Kier alpha value is -4.79. The maximum Gasteiger partial charge on any atom is 0.211 e. The Bertz CT molecular complexity index is 1460. The van der Waals surface area contributed by atoms with Crippen LogP contribution in [-0.2, 0) is 11.8 Å². The fourth-order valence-corrected chi connectivity index (χ4v) is 3.94.